The van der Waals surface area contributed by atoms with Gasteiger partial charge >= 0.3 is 0 Å². The van der Waals surface area contributed by atoms with Crippen LogP contribution in [0.4, 0.5) is 11.6 Å². The molecule has 0 aliphatic carbocycles. The summed E-state index contributed by atoms with van der Waals surface area (Å²) >= 11 is 0. The van der Waals surface area contributed by atoms with E-state index in [-0.39, 0.29) is 6.10 Å². The van der Waals surface area contributed by atoms with Crippen molar-refractivity contribution in [2.75, 3.05) is 29.9 Å². The number of rotatable bonds is 5. The third kappa shape index (κ3) is 3.39. The van der Waals surface area contributed by atoms with Crippen molar-refractivity contribution in [3.63, 3.8) is 0 Å². The van der Waals surface area contributed by atoms with E-state index < -0.39 is 0 Å². The van der Waals surface area contributed by atoms with Crippen LogP contribution in [0.3, 0.4) is 0 Å². The maximum Gasteiger partial charge on any atom is 0.137 e. The largest absolute Gasteiger partial charge is 0.393 e. The van der Waals surface area contributed by atoms with Crippen LogP contribution in [-0.2, 0) is 6.42 Å². The molecule has 2 heterocycles. The second-order valence-electron chi connectivity index (χ2n) is 5.44. The zero-order valence-corrected chi connectivity index (χ0v) is 12.8. The third-order valence-electron chi connectivity index (χ3n) is 3.75. The van der Waals surface area contributed by atoms with Gasteiger partial charge in [-0.2, -0.15) is 0 Å². The highest BCUT2D eigenvalue weighted by atomic mass is 16.3. The summed E-state index contributed by atoms with van der Waals surface area (Å²) in [6.07, 6.45) is 3.44. The number of nitrogens with one attached hydrogen (secondary N) is 1. The lowest BCUT2D eigenvalue weighted by Gasteiger charge is -2.32. The van der Waals surface area contributed by atoms with E-state index in [0.29, 0.717) is 0 Å². The minimum Gasteiger partial charge on any atom is -0.393 e. The monoisotopic (exact) mass is 278 g/mol. The summed E-state index contributed by atoms with van der Waals surface area (Å²) in [4.78, 5) is 11.7. The van der Waals surface area contributed by atoms with Crippen LogP contribution in [0.1, 0.15) is 44.5 Å². The van der Waals surface area contributed by atoms with E-state index in [4.69, 9.17) is 4.98 Å². The highest BCUT2D eigenvalue weighted by molar-refractivity contribution is 5.58. The highest BCUT2D eigenvalue weighted by Crippen LogP contribution is 2.26. The molecular weight excluding hydrogens is 252 g/mol. The van der Waals surface area contributed by atoms with E-state index in [1.165, 1.54) is 0 Å². The van der Waals surface area contributed by atoms with Crippen LogP contribution in [0.5, 0.6) is 0 Å². The number of aromatic nitrogens is 2. The molecule has 5 heteroatoms. The Balaban J connectivity index is 2.29. The zero-order chi connectivity index (χ0) is 14.5. The highest BCUT2D eigenvalue weighted by Gasteiger charge is 2.21. The summed E-state index contributed by atoms with van der Waals surface area (Å²) in [5.74, 6) is 2.90. The molecule has 1 saturated heterocycles. The van der Waals surface area contributed by atoms with Gasteiger partial charge in [-0.25, -0.2) is 9.97 Å². The summed E-state index contributed by atoms with van der Waals surface area (Å²) in [7, 11) is 0. The Morgan fingerprint density at radius 3 is 2.55 bits per heavy atom. The smallest absolute Gasteiger partial charge is 0.137 e. The summed E-state index contributed by atoms with van der Waals surface area (Å²) in [6.45, 7) is 8.91. The van der Waals surface area contributed by atoms with Gasteiger partial charge in [0.2, 0.25) is 0 Å². The number of aliphatic hydroxyl groups is 1. The Kier molecular flexibility index (Phi) is 5.17. The van der Waals surface area contributed by atoms with Gasteiger partial charge < -0.3 is 15.3 Å². The predicted octanol–water partition coefficient (Wildman–Crippen LogP) is 2.13. The Bertz CT molecular complexity index is 442. The van der Waals surface area contributed by atoms with Crippen molar-refractivity contribution >= 4 is 11.6 Å². The molecule has 1 aromatic heterocycles. The third-order valence-corrected chi connectivity index (χ3v) is 3.75. The first kappa shape index (κ1) is 15.0. The normalized spacial score (nSPS) is 16.5. The minimum atomic E-state index is -0.156. The van der Waals surface area contributed by atoms with Gasteiger partial charge in [0, 0.05) is 31.6 Å². The average molecular weight is 278 g/mol. The van der Waals surface area contributed by atoms with Crippen molar-refractivity contribution < 1.29 is 5.11 Å². The molecule has 0 bridgehead atoms. The summed E-state index contributed by atoms with van der Waals surface area (Å²) in [6, 6.07) is 0. The fourth-order valence-electron chi connectivity index (χ4n) is 2.61. The van der Waals surface area contributed by atoms with Gasteiger partial charge in [-0.05, 0) is 33.1 Å². The molecule has 1 aliphatic heterocycles. The van der Waals surface area contributed by atoms with Gasteiger partial charge in [0.05, 0.1) is 6.10 Å². The molecular formula is C15H26N4O. The zero-order valence-electron chi connectivity index (χ0n) is 12.8. The fourth-order valence-corrected chi connectivity index (χ4v) is 2.61. The molecule has 20 heavy (non-hydrogen) atoms. The van der Waals surface area contributed by atoms with Gasteiger partial charge in [0.25, 0.3) is 0 Å². The van der Waals surface area contributed by atoms with Gasteiger partial charge in [-0.1, -0.05) is 6.92 Å². The number of aryl methyl sites for hydroxylation is 1. The number of anilines is 2. The Morgan fingerprint density at radius 1 is 1.25 bits per heavy atom. The van der Waals surface area contributed by atoms with Crippen LogP contribution in [0, 0.1) is 6.92 Å². The molecule has 0 spiro atoms. The van der Waals surface area contributed by atoms with Crippen LogP contribution in [-0.4, -0.2) is 40.8 Å². The van der Waals surface area contributed by atoms with Gasteiger partial charge in [0.15, 0.2) is 0 Å². The Hall–Kier alpha value is -1.36. The topological polar surface area (TPSA) is 61.3 Å². The number of hydrogen-bond acceptors (Lipinski definition) is 5. The standard InChI is InChI=1S/C15H26N4O/c1-4-6-13-17-14(16-5-2)11(3)15(18-13)19-9-7-12(20)8-10-19/h12,20H,4-10H2,1-3H3,(H,16,17,18). The van der Waals surface area contributed by atoms with Crippen molar-refractivity contribution in [1.29, 1.82) is 0 Å². The molecule has 1 aromatic rings. The number of piperidine rings is 1. The molecule has 0 radical (unpaired) electrons. The Morgan fingerprint density at radius 2 is 1.95 bits per heavy atom. The van der Waals surface area contributed by atoms with Crippen molar-refractivity contribution in [3.8, 4) is 0 Å². The molecule has 0 unspecified atom stereocenters. The second-order valence-corrected chi connectivity index (χ2v) is 5.44. The first-order valence-corrected chi connectivity index (χ1v) is 7.70. The van der Waals surface area contributed by atoms with Gasteiger partial charge in [0.1, 0.15) is 17.5 Å². The molecule has 2 rings (SSSR count). The molecule has 0 amide bonds. The molecule has 2 N–H and O–H groups in total. The number of aliphatic hydroxyl groups excluding tert-OH is 1. The molecule has 1 aliphatic rings. The maximum atomic E-state index is 9.65. The minimum absolute atomic E-state index is 0.156. The van der Waals surface area contributed by atoms with Crippen LogP contribution < -0.4 is 10.2 Å². The van der Waals surface area contributed by atoms with Gasteiger partial charge in [-0.15, -0.1) is 0 Å². The van der Waals surface area contributed by atoms with Crippen LogP contribution >= 0.6 is 0 Å². The van der Waals surface area contributed by atoms with Crippen LogP contribution in [0.2, 0.25) is 0 Å². The van der Waals surface area contributed by atoms with E-state index in [2.05, 4.69) is 36.0 Å². The molecule has 0 saturated carbocycles. The lowest BCUT2D eigenvalue weighted by molar-refractivity contribution is 0.145. The van der Waals surface area contributed by atoms with E-state index in [0.717, 1.165) is 68.3 Å². The molecule has 1 fully saturated rings. The quantitative estimate of drug-likeness (QED) is 0.864. The Labute approximate surface area is 121 Å². The van der Waals surface area contributed by atoms with Crippen LogP contribution in [0.25, 0.3) is 0 Å². The second kappa shape index (κ2) is 6.88. The maximum absolute atomic E-state index is 9.65. The van der Waals surface area contributed by atoms with Crippen molar-refractivity contribution in [3.05, 3.63) is 11.4 Å². The first-order chi connectivity index (χ1) is 9.65. The molecule has 0 aromatic carbocycles. The molecule has 112 valence electrons. The number of nitrogens with zero attached hydrogens (tertiary/aromatic N) is 3. The molecule has 0 atom stereocenters. The van der Waals surface area contributed by atoms with Crippen molar-refractivity contribution in [1.82, 2.24) is 9.97 Å². The van der Waals surface area contributed by atoms with Crippen molar-refractivity contribution in [2.24, 2.45) is 0 Å². The average Bonchev–Trinajstić information content (AvgIpc) is 2.44. The lowest BCUT2D eigenvalue weighted by Crippen LogP contribution is -2.37. The number of hydrogen-bond donors (Lipinski definition) is 2. The van der Waals surface area contributed by atoms with E-state index >= 15 is 0 Å². The van der Waals surface area contributed by atoms with E-state index in [1.54, 1.807) is 0 Å². The summed E-state index contributed by atoms with van der Waals surface area (Å²) < 4.78 is 0. The molecule has 5 nitrogen and oxygen atoms in total. The van der Waals surface area contributed by atoms with E-state index in [9.17, 15) is 5.11 Å². The van der Waals surface area contributed by atoms with Gasteiger partial charge in [-0.3, -0.25) is 0 Å². The van der Waals surface area contributed by atoms with Crippen molar-refractivity contribution in [2.45, 2.75) is 52.6 Å². The lowest BCUT2D eigenvalue weighted by atomic mass is 10.1. The SMILES string of the molecule is CCCc1nc(NCC)c(C)c(N2CCC(O)CC2)n1. The first-order valence-electron chi connectivity index (χ1n) is 7.70. The van der Waals surface area contributed by atoms with E-state index in [1.807, 2.05) is 0 Å². The predicted molar refractivity (Wildman–Crippen MR) is 82.4 cm³/mol. The fraction of sp³-hybridized carbons (Fsp3) is 0.733. The summed E-state index contributed by atoms with van der Waals surface area (Å²) in [5, 5.41) is 13.0. The summed E-state index contributed by atoms with van der Waals surface area (Å²) in [5.41, 5.74) is 1.11. The van der Waals surface area contributed by atoms with Crippen LogP contribution in [0.15, 0.2) is 0 Å².